The van der Waals surface area contributed by atoms with Gasteiger partial charge in [-0.2, -0.15) is 0 Å². The van der Waals surface area contributed by atoms with E-state index in [1.54, 1.807) is 0 Å². The molecule has 0 aromatic rings. The van der Waals surface area contributed by atoms with Gasteiger partial charge in [0.15, 0.2) is 15.6 Å². The number of unbranched alkanes of at least 4 members (excludes halogenated alkanes) is 24. The smallest absolute Gasteiger partial charge is 0.359 e. The molecule has 0 fully saturated rings. The molecule has 0 aromatic heterocycles. The van der Waals surface area contributed by atoms with E-state index in [4.69, 9.17) is 13.8 Å². The molecular weight excluding hydrogens is 677 g/mol. The first-order valence-corrected chi connectivity index (χ1v) is 22.8. The summed E-state index contributed by atoms with van der Waals surface area (Å²) < 4.78 is 17.9. The molecular formula is C42H87NO8P+. The minimum atomic E-state index is -1.02. The fourth-order valence-electron chi connectivity index (χ4n) is 7.11. The number of hydrogen-bond acceptors (Lipinski definition) is 7. The highest BCUT2D eigenvalue weighted by Crippen LogP contribution is 2.23. The van der Waals surface area contributed by atoms with E-state index in [2.05, 4.69) is 13.8 Å². The molecule has 3 atom stereocenters. The van der Waals surface area contributed by atoms with Crippen molar-refractivity contribution in [2.45, 2.75) is 206 Å². The van der Waals surface area contributed by atoms with E-state index in [9.17, 15) is 25.2 Å². The molecule has 0 saturated carbocycles. The Bertz CT molecular complexity index is 728. The molecule has 4 N–H and O–H groups in total. The first-order valence-electron chi connectivity index (χ1n) is 22.0. The molecule has 52 heavy (non-hydrogen) atoms. The Morgan fingerprint density at radius 3 is 1.44 bits per heavy atom. The van der Waals surface area contributed by atoms with Crippen molar-refractivity contribution >= 4 is 15.0 Å². The summed E-state index contributed by atoms with van der Waals surface area (Å²) in [4.78, 5) is 11.4. The van der Waals surface area contributed by atoms with Crippen LogP contribution in [-0.4, -0.2) is 102 Å². The third-order valence-electron chi connectivity index (χ3n) is 10.4. The molecule has 0 amide bonds. The monoisotopic (exact) mass is 765 g/mol. The van der Waals surface area contributed by atoms with Crippen LogP contribution >= 0.6 is 9.03 Å². The van der Waals surface area contributed by atoms with Gasteiger partial charge in [0.2, 0.25) is 0 Å². The Kier molecular flexibility index (Phi) is 40.0. The molecule has 0 aliphatic heterocycles. The number of carbonyl (C=O) groups is 1. The van der Waals surface area contributed by atoms with Crippen LogP contribution < -0.4 is 0 Å². The number of hydrogen-bond donors (Lipinski definition) is 4. The second-order valence-corrected chi connectivity index (χ2v) is 16.1. The van der Waals surface area contributed by atoms with Crippen molar-refractivity contribution in [2.75, 3.05) is 59.2 Å². The molecule has 312 valence electrons. The number of aliphatic hydroxyl groups is 3. The van der Waals surface area contributed by atoms with Crippen LogP contribution in [0.4, 0.5) is 0 Å². The minimum Gasteiger partial charge on any atom is -0.477 e. The molecule has 0 rings (SSSR count). The lowest BCUT2D eigenvalue weighted by atomic mass is 10.0. The van der Waals surface area contributed by atoms with E-state index in [1.165, 1.54) is 154 Å². The molecule has 0 aliphatic rings. The van der Waals surface area contributed by atoms with Gasteiger partial charge in [0.1, 0.15) is 25.7 Å². The van der Waals surface area contributed by atoms with Crippen molar-refractivity contribution in [1.82, 2.24) is 0 Å². The van der Waals surface area contributed by atoms with Crippen LogP contribution in [0.5, 0.6) is 0 Å². The SMILES string of the molecule is CCCCCCCCCCCCCCCCOCC(CCCCCCCCCCCCCC)OPOCCC(O)C[N+](CCO)(CCO)CC(=O)O. The van der Waals surface area contributed by atoms with Gasteiger partial charge in [0.25, 0.3) is 0 Å². The molecule has 0 saturated heterocycles. The molecule has 0 aliphatic carbocycles. The molecule has 0 heterocycles. The lowest BCUT2D eigenvalue weighted by molar-refractivity contribution is -0.924. The van der Waals surface area contributed by atoms with E-state index < -0.39 is 12.1 Å². The maximum atomic E-state index is 11.4. The second kappa shape index (κ2) is 40.3. The van der Waals surface area contributed by atoms with Gasteiger partial charge in [-0.15, -0.1) is 0 Å². The minimum absolute atomic E-state index is 0.00739. The van der Waals surface area contributed by atoms with Crippen LogP contribution in [0.1, 0.15) is 194 Å². The number of aliphatic carboxylic acids is 1. The zero-order valence-electron chi connectivity index (χ0n) is 34.2. The van der Waals surface area contributed by atoms with E-state index in [-0.39, 0.29) is 65.6 Å². The maximum absolute atomic E-state index is 11.4. The second-order valence-electron chi connectivity index (χ2n) is 15.4. The maximum Gasteiger partial charge on any atom is 0.359 e. The third-order valence-corrected chi connectivity index (χ3v) is 11.1. The first kappa shape index (κ1) is 51.6. The van der Waals surface area contributed by atoms with Gasteiger partial charge in [-0.3, -0.25) is 0 Å². The summed E-state index contributed by atoms with van der Waals surface area (Å²) in [6.45, 7) is 5.95. The van der Waals surface area contributed by atoms with Crippen LogP contribution in [-0.2, 0) is 18.6 Å². The Morgan fingerprint density at radius 2 is 1.02 bits per heavy atom. The van der Waals surface area contributed by atoms with E-state index in [0.29, 0.717) is 13.0 Å². The molecule has 0 spiro atoms. The zero-order chi connectivity index (χ0) is 38.2. The van der Waals surface area contributed by atoms with Crippen LogP contribution in [0.25, 0.3) is 0 Å². The predicted molar refractivity (Wildman–Crippen MR) is 218 cm³/mol. The molecule has 0 radical (unpaired) electrons. The van der Waals surface area contributed by atoms with Crippen molar-refractivity contribution in [3.8, 4) is 0 Å². The summed E-state index contributed by atoms with van der Waals surface area (Å²) in [5.74, 6) is -1.02. The highest BCUT2D eigenvalue weighted by Gasteiger charge is 2.32. The fourth-order valence-corrected chi connectivity index (χ4v) is 7.70. The number of ether oxygens (including phenoxy) is 1. The van der Waals surface area contributed by atoms with Gasteiger partial charge in [-0.05, 0) is 12.8 Å². The molecule has 9 nitrogen and oxygen atoms in total. The highest BCUT2D eigenvalue weighted by molar-refractivity contribution is 7.26. The summed E-state index contributed by atoms with van der Waals surface area (Å²) in [6.07, 6.45) is 35.1. The average molecular weight is 765 g/mol. The Hall–Kier alpha value is -0.380. The van der Waals surface area contributed by atoms with Gasteiger partial charge in [0.05, 0.1) is 32.5 Å². The van der Waals surface area contributed by atoms with E-state index >= 15 is 0 Å². The summed E-state index contributed by atoms with van der Waals surface area (Å²) in [6, 6.07) is 0. The summed E-state index contributed by atoms with van der Waals surface area (Å²) in [5.41, 5.74) is 0. The largest absolute Gasteiger partial charge is 0.477 e. The van der Waals surface area contributed by atoms with E-state index in [0.717, 1.165) is 25.9 Å². The summed E-state index contributed by atoms with van der Waals surface area (Å²) in [5, 5.41) is 39.0. The Balaban J connectivity index is 4.35. The third kappa shape index (κ3) is 35.3. The lowest BCUT2D eigenvalue weighted by Gasteiger charge is -2.37. The lowest BCUT2D eigenvalue weighted by Crippen LogP contribution is -2.57. The van der Waals surface area contributed by atoms with Crippen LogP contribution in [0.3, 0.4) is 0 Å². The first-order chi connectivity index (χ1) is 25.4. The summed E-state index contributed by atoms with van der Waals surface area (Å²) >= 11 is 0. The van der Waals surface area contributed by atoms with Crippen LogP contribution in [0.15, 0.2) is 0 Å². The van der Waals surface area contributed by atoms with E-state index in [1.807, 2.05) is 0 Å². The highest BCUT2D eigenvalue weighted by atomic mass is 31.1. The number of aliphatic hydroxyl groups excluding tert-OH is 3. The fraction of sp³-hybridized carbons (Fsp3) is 0.976. The molecule has 3 unspecified atom stereocenters. The number of nitrogens with zero attached hydrogens (tertiary/aromatic N) is 1. The average Bonchev–Trinajstić information content (AvgIpc) is 3.11. The predicted octanol–water partition coefficient (Wildman–Crippen LogP) is 10.1. The molecule has 10 heteroatoms. The van der Waals surface area contributed by atoms with Crippen molar-refractivity contribution < 1.29 is 43.5 Å². The van der Waals surface area contributed by atoms with Crippen molar-refractivity contribution in [3.05, 3.63) is 0 Å². The van der Waals surface area contributed by atoms with Gasteiger partial charge in [-0.1, -0.05) is 174 Å². The molecule has 0 aromatic carbocycles. The number of rotatable bonds is 44. The quantitative estimate of drug-likeness (QED) is 0.0275. The van der Waals surface area contributed by atoms with Gasteiger partial charge in [-0.25, -0.2) is 4.79 Å². The Labute approximate surface area is 322 Å². The number of quaternary nitrogens is 1. The van der Waals surface area contributed by atoms with Crippen LogP contribution in [0.2, 0.25) is 0 Å². The Morgan fingerprint density at radius 1 is 0.596 bits per heavy atom. The van der Waals surface area contributed by atoms with Crippen molar-refractivity contribution in [2.24, 2.45) is 0 Å². The van der Waals surface area contributed by atoms with Gasteiger partial charge < -0.3 is 38.7 Å². The molecule has 0 bridgehead atoms. The standard InChI is InChI=1S/C42H86NO8P/c1-3-5-7-9-11-13-15-17-18-20-22-24-26-28-35-49-39-41(29-27-25-23-21-19-16-14-12-10-8-6-4-2)51-52-50-36-30-40(46)37-43(31-33-44,32-34-45)38-42(47)48/h40-41,44-46,52H,3-39H2,1-2H3/p+1. The topological polar surface area (TPSA) is 126 Å². The number of carboxylic acids is 1. The van der Waals surface area contributed by atoms with Crippen LogP contribution in [0, 0.1) is 0 Å². The number of carboxylic acid groups (broad SMARTS) is 1. The normalized spacial score (nSPS) is 13.4. The summed E-state index contributed by atoms with van der Waals surface area (Å²) in [7, 11) is -0.151. The zero-order valence-corrected chi connectivity index (χ0v) is 35.2. The van der Waals surface area contributed by atoms with Crippen molar-refractivity contribution in [3.63, 3.8) is 0 Å². The van der Waals surface area contributed by atoms with Gasteiger partial charge in [0, 0.05) is 13.0 Å². The van der Waals surface area contributed by atoms with Crippen molar-refractivity contribution in [1.29, 1.82) is 0 Å². The van der Waals surface area contributed by atoms with Gasteiger partial charge >= 0.3 is 5.97 Å².